The van der Waals surface area contributed by atoms with Crippen LogP contribution in [0.4, 0.5) is 11.5 Å². The zero-order valence-corrected chi connectivity index (χ0v) is 11.5. The molecule has 0 saturated heterocycles. The molecule has 94 valence electrons. The highest BCUT2D eigenvalue weighted by Crippen LogP contribution is 2.37. The van der Waals surface area contributed by atoms with Gasteiger partial charge in [0.15, 0.2) is 5.82 Å². The van der Waals surface area contributed by atoms with E-state index in [1.165, 1.54) is 10.4 Å². The van der Waals surface area contributed by atoms with E-state index in [0.717, 1.165) is 18.8 Å². The molecule has 2 N–H and O–H groups in total. The average molecular weight is 281 g/mol. The van der Waals surface area contributed by atoms with E-state index in [4.69, 9.17) is 17.3 Å². The molecule has 0 spiro atoms. The molecule has 0 saturated carbocycles. The summed E-state index contributed by atoms with van der Waals surface area (Å²) in [5.41, 5.74) is 7.89. The first-order valence-corrected chi connectivity index (χ1v) is 7.03. The number of hydrogen-bond donors (Lipinski definition) is 1. The predicted molar refractivity (Wildman–Crippen MR) is 75.2 cm³/mol. The van der Waals surface area contributed by atoms with E-state index in [1.54, 1.807) is 6.20 Å². The van der Waals surface area contributed by atoms with Crippen LogP contribution in [0.15, 0.2) is 17.6 Å². The van der Waals surface area contributed by atoms with Gasteiger partial charge in [-0.05, 0) is 42.0 Å². The van der Waals surface area contributed by atoms with Crippen LogP contribution < -0.4 is 10.6 Å². The zero-order chi connectivity index (χ0) is 12.7. The van der Waals surface area contributed by atoms with Crippen LogP contribution in [-0.2, 0) is 6.42 Å². The van der Waals surface area contributed by atoms with E-state index in [0.29, 0.717) is 5.69 Å². The monoisotopic (exact) mass is 280 g/mol. The Morgan fingerprint density at radius 3 is 3.22 bits per heavy atom. The Hall–Kier alpha value is -1.33. The summed E-state index contributed by atoms with van der Waals surface area (Å²) in [6.07, 6.45) is 2.60. The Labute approximate surface area is 114 Å². The Bertz CT molecular complexity index is 583. The van der Waals surface area contributed by atoms with Crippen LogP contribution in [-0.4, -0.2) is 16.5 Å². The normalized spacial score (nSPS) is 18.8. The van der Waals surface area contributed by atoms with Gasteiger partial charge in [-0.3, -0.25) is 0 Å². The molecular weight excluding hydrogens is 268 g/mol. The van der Waals surface area contributed by atoms with Gasteiger partial charge in [-0.25, -0.2) is 4.98 Å². The maximum absolute atomic E-state index is 5.96. The largest absolute Gasteiger partial charge is 0.394 e. The Morgan fingerprint density at radius 2 is 2.39 bits per heavy atom. The van der Waals surface area contributed by atoms with Gasteiger partial charge < -0.3 is 10.6 Å². The molecule has 1 aliphatic rings. The molecule has 0 amide bonds. The highest BCUT2D eigenvalue weighted by molar-refractivity contribution is 7.10. The van der Waals surface area contributed by atoms with Crippen LogP contribution in [0.3, 0.4) is 0 Å². The topological polar surface area (TPSA) is 55.0 Å². The fraction of sp³-hybridized carbons (Fsp3) is 0.333. The number of rotatable bonds is 1. The molecule has 0 aromatic carbocycles. The van der Waals surface area contributed by atoms with Crippen molar-refractivity contribution in [1.82, 2.24) is 9.97 Å². The number of nitrogen functional groups attached to an aromatic ring is 1. The van der Waals surface area contributed by atoms with E-state index in [1.807, 2.05) is 11.3 Å². The van der Waals surface area contributed by atoms with E-state index >= 15 is 0 Å². The quantitative estimate of drug-likeness (QED) is 0.816. The maximum atomic E-state index is 5.96. The lowest BCUT2D eigenvalue weighted by Crippen LogP contribution is -2.34. The minimum Gasteiger partial charge on any atom is -0.394 e. The fourth-order valence-electron chi connectivity index (χ4n) is 2.39. The van der Waals surface area contributed by atoms with Crippen LogP contribution >= 0.6 is 22.9 Å². The summed E-state index contributed by atoms with van der Waals surface area (Å²) in [6, 6.07) is 2.45. The lowest BCUT2D eigenvalue weighted by Gasteiger charge is -2.35. The van der Waals surface area contributed by atoms with Crippen LogP contribution in [0.2, 0.25) is 5.28 Å². The van der Waals surface area contributed by atoms with Gasteiger partial charge in [-0.1, -0.05) is 0 Å². The zero-order valence-electron chi connectivity index (χ0n) is 9.93. The third kappa shape index (κ3) is 1.83. The maximum Gasteiger partial charge on any atom is 0.224 e. The first-order valence-electron chi connectivity index (χ1n) is 5.77. The molecule has 1 atom stereocenters. The number of aromatic nitrogens is 2. The summed E-state index contributed by atoms with van der Waals surface area (Å²) in [5.74, 6) is 0.736. The molecule has 0 aliphatic carbocycles. The number of anilines is 2. The van der Waals surface area contributed by atoms with E-state index in [2.05, 4.69) is 33.2 Å². The standard InChI is InChI=1S/C12H13ClN4S/c1-7-8-3-5-18-10(8)2-4-17(7)11-9(14)6-15-12(13)16-11/h3,5-7H,2,4,14H2,1H3. The van der Waals surface area contributed by atoms with E-state index < -0.39 is 0 Å². The third-order valence-corrected chi connectivity index (χ3v) is 4.49. The number of nitrogens with two attached hydrogens (primary N) is 1. The van der Waals surface area contributed by atoms with Crippen molar-refractivity contribution in [3.63, 3.8) is 0 Å². The van der Waals surface area contributed by atoms with Gasteiger partial charge in [-0.2, -0.15) is 4.98 Å². The Kier molecular flexibility index (Phi) is 2.87. The number of nitrogens with zero attached hydrogens (tertiary/aromatic N) is 3. The lowest BCUT2D eigenvalue weighted by molar-refractivity contribution is 0.625. The molecule has 2 aromatic rings. The number of halogens is 1. The molecule has 0 radical (unpaired) electrons. The molecular formula is C12H13ClN4S. The smallest absolute Gasteiger partial charge is 0.224 e. The van der Waals surface area contributed by atoms with E-state index in [9.17, 15) is 0 Å². The number of hydrogen-bond acceptors (Lipinski definition) is 5. The van der Waals surface area contributed by atoms with Crippen molar-refractivity contribution in [2.75, 3.05) is 17.2 Å². The summed E-state index contributed by atoms with van der Waals surface area (Å²) in [6.45, 7) is 3.08. The van der Waals surface area contributed by atoms with Crippen molar-refractivity contribution in [2.45, 2.75) is 19.4 Å². The SMILES string of the molecule is CC1c2ccsc2CCN1c1nc(Cl)ncc1N. The van der Waals surface area contributed by atoms with Gasteiger partial charge in [0, 0.05) is 11.4 Å². The highest BCUT2D eigenvalue weighted by atomic mass is 35.5. The first-order chi connectivity index (χ1) is 8.66. The highest BCUT2D eigenvalue weighted by Gasteiger charge is 2.27. The predicted octanol–water partition coefficient (Wildman–Crippen LogP) is 2.90. The summed E-state index contributed by atoms with van der Waals surface area (Å²) in [5, 5.41) is 2.38. The van der Waals surface area contributed by atoms with Gasteiger partial charge in [-0.15, -0.1) is 11.3 Å². The van der Waals surface area contributed by atoms with Crippen molar-refractivity contribution in [3.8, 4) is 0 Å². The molecule has 3 rings (SSSR count). The molecule has 0 bridgehead atoms. The second kappa shape index (κ2) is 4.40. The first kappa shape index (κ1) is 11.7. The van der Waals surface area contributed by atoms with Crippen molar-refractivity contribution in [1.29, 1.82) is 0 Å². The fourth-order valence-corrected chi connectivity index (χ4v) is 3.48. The molecule has 1 unspecified atom stereocenters. The molecule has 4 nitrogen and oxygen atoms in total. The molecule has 6 heteroatoms. The van der Waals surface area contributed by atoms with Gasteiger partial charge >= 0.3 is 0 Å². The molecule has 1 aliphatic heterocycles. The van der Waals surface area contributed by atoms with Gasteiger partial charge in [0.05, 0.1) is 17.9 Å². The molecule has 2 aromatic heterocycles. The summed E-state index contributed by atoms with van der Waals surface area (Å²) in [7, 11) is 0. The van der Waals surface area contributed by atoms with Gasteiger partial charge in [0.1, 0.15) is 0 Å². The van der Waals surface area contributed by atoms with Crippen LogP contribution in [0.1, 0.15) is 23.4 Å². The van der Waals surface area contributed by atoms with Crippen molar-refractivity contribution < 1.29 is 0 Å². The Balaban J connectivity index is 2.01. The summed E-state index contributed by atoms with van der Waals surface area (Å²) >= 11 is 7.68. The lowest BCUT2D eigenvalue weighted by atomic mass is 10.0. The minimum atomic E-state index is 0.238. The van der Waals surface area contributed by atoms with Gasteiger partial charge in [0.25, 0.3) is 0 Å². The molecule has 18 heavy (non-hydrogen) atoms. The second-order valence-corrected chi connectivity index (χ2v) is 5.68. The number of fused-ring (bicyclic) bond motifs is 1. The van der Waals surface area contributed by atoms with Crippen molar-refractivity contribution in [3.05, 3.63) is 33.4 Å². The molecule has 0 fully saturated rings. The van der Waals surface area contributed by atoms with Gasteiger partial charge in [0.2, 0.25) is 5.28 Å². The third-order valence-electron chi connectivity index (χ3n) is 3.32. The minimum absolute atomic E-state index is 0.238. The summed E-state index contributed by atoms with van der Waals surface area (Å²) in [4.78, 5) is 11.8. The van der Waals surface area contributed by atoms with Crippen LogP contribution in [0.25, 0.3) is 0 Å². The van der Waals surface area contributed by atoms with Crippen molar-refractivity contribution >= 4 is 34.4 Å². The second-order valence-electron chi connectivity index (χ2n) is 4.34. The van der Waals surface area contributed by atoms with E-state index in [-0.39, 0.29) is 11.3 Å². The summed E-state index contributed by atoms with van der Waals surface area (Å²) < 4.78 is 0. The van der Waals surface area contributed by atoms with Crippen LogP contribution in [0, 0.1) is 0 Å². The Morgan fingerprint density at radius 1 is 1.56 bits per heavy atom. The van der Waals surface area contributed by atoms with Crippen molar-refractivity contribution in [2.24, 2.45) is 0 Å². The number of thiophene rings is 1. The molecule has 3 heterocycles. The average Bonchev–Trinajstić information content (AvgIpc) is 2.82. The van der Waals surface area contributed by atoms with Crippen LogP contribution in [0.5, 0.6) is 0 Å².